The summed E-state index contributed by atoms with van der Waals surface area (Å²) in [7, 11) is 0. The number of carbonyl (C=O) groups excluding carboxylic acids is 1. The minimum absolute atomic E-state index is 0.156. The Morgan fingerprint density at radius 1 is 1.27 bits per heavy atom. The second-order valence-electron chi connectivity index (χ2n) is 5.54. The van der Waals surface area contributed by atoms with Crippen LogP contribution in [0.4, 0.5) is 8.78 Å². The van der Waals surface area contributed by atoms with Gasteiger partial charge in [0.05, 0.1) is 17.4 Å². The van der Waals surface area contributed by atoms with Crippen LogP contribution in [0.5, 0.6) is 0 Å². The number of carbonyl (C=O) groups is 1. The van der Waals surface area contributed by atoms with Crippen LogP contribution in [0.2, 0.25) is 0 Å². The van der Waals surface area contributed by atoms with Gasteiger partial charge in [0, 0.05) is 0 Å². The molecule has 3 atom stereocenters. The Bertz CT molecular complexity index is 511. The Kier molecular flexibility index (Phi) is 7.29. The van der Waals surface area contributed by atoms with Crippen molar-refractivity contribution in [3.63, 3.8) is 0 Å². The summed E-state index contributed by atoms with van der Waals surface area (Å²) in [5.74, 6) is -1.16. The van der Waals surface area contributed by atoms with Gasteiger partial charge in [-0.2, -0.15) is 0 Å². The fourth-order valence-electron chi connectivity index (χ4n) is 2.12. The summed E-state index contributed by atoms with van der Waals surface area (Å²) in [6, 6.07) is 2.62. The number of aliphatic hydroxyl groups is 1. The van der Waals surface area contributed by atoms with Crippen molar-refractivity contribution < 1.29 is 18.7 Å². The predicted octanol–water partition coefficient (Wildman–Crippen LogP) is 3.28. The number of thioether (sulfide) groups is 1. The van der Waals surface area contributed by atoms with Crippen molar-refractivity contribution in [3.05, 3.63) is 35.4 Å². The Balaban J connectivity index is 2.75. The highest BCUT2D eigenvalue weighted by molar-refractivity contribution is 8.00. The van der Waals surface area contributed by atoms with E-state index in [2.05, 4.69) is 5.32 Å². The van der Waals surface area contributed by atoms with E-state index in [1.54, 1.807) is 18.7 Å². The Hall–Kier alpha value is -1.14. The first-order valence-electron chi connectivity index (χ1n) is 7.32. The van der Waals surface area contributed by atoms with Gasteiger partial charge in [-0.25, -0.2) is 8.78 Å². The van der Waals surface area contributed by atoms with Gasteiger partial charge in [-0.05, 0) is 36.3 Å². The maximum absolute atomic E-state index is 13.2. The average Bonchev–Trinajstić information content (AvgIpc) is 2.46. The van der Waals surface area contributed by atoms with Crippen molar-refractivity contribution in [2.75, 3.05) is 5.75 Å². The van der Waals surface area contributed by atoms with Gasteiger partial charge in [-0.3, -0.25) is 4.79 Å². The lowest BCUT2D eigenvalue weighted by molar-refractivity contribution is -0.122. The number of halogens is 2. The van der Waals surface area contributed by atoms with Crippen molar-refractivity contribution in [2.24, 2.45) is 5.92 Å². The molecule has 3 unspecified atom stereocenters. The van der Waals surface area contributed by atoms with Gasteiger partial charge in [0.25, 0.3) is 0 Å². The molecule has 0 aliphatic carbocycles. The van der Waals surface area contributed by atoms with Crippen LogP contribution in [0.15, 0.2) is 18.2 Å². The highest BCUT2D eigenvalue weighted by Gasteiger charge is 2.26. The molecule has 0 bridgehead atoms. The molecule has 124 valence electrons. The molecular formula is C16H23F2NO2S. The number of hydrogen-bond acceptors (Lipinski definition) is 3. The Labute approximate surface area is 134 Å². The van der Waals surface area contributed by atoms with Crippen LogP contribution in [0.1, 0.15) is 39.4 Å². The Morgan fingerprint density at radius 2 is 1.91 bits per heavy atom. The van der Waals surface area contributed by atoms with Gasteiger partial charge in [0.2, 0.25) is 5.91 Å². The number of nitrogens with one attached hydrogen (secondary N) is 1. The second-order valence-corrected chi connectivity index (χ2v) is 6.95. The number of aliphatic hydroxyl groups excluding tert-OH is 1. The van der Waals surface area contributed by atoms with E-state index in [0.29, 0.717) is 0 Å². The molecule has 0 spiro atoms. The number of hydrogen-bond donors (Lipinski definition) is 2. The molecular weight excluding hydrogens is 308 g/mol. The van der Waals surface area contributed by atoms with Crippen LogP contribution in [0.25, 0.3) is 0 Å². The van der Waals surface area contributed by atoms with Crippen LogP contribution in [0.3, 0.4) is 0 Å². The fraction of sp³-hybridized carbons (Fsp3) is 0.562. The molecule has 0 saturated carbocycles. The molecule has 1 aromatic carbocycles. The zero-order valence-corrected chi connectivity index (χ0v) is 14.1. The molecule has 0 aliphatic heterocycles. The number of benzene rings is 1. The molecule has 0 radical (unpaired) electrons. The lowest BCUT2D eigenvalue weighted by Crippen LogP contribution is -2.43. The summed E-state index contributed by atoms with van der Waals surface area (Å²) in [4.78, 5) is 12.3. The van der Waals surface area contributed by atoms with Crippen LogP contribution >= 0.6 is 11.8 Å². The minimum atomic E-state index is -1.10. The third-order valence-corrected chi connectivity index (χ3v) is 4.79. The molecule has 0 heterocycles. The molecule has 0 fully saturated rings. The van der Waals surface area contributed by atoms with Crippen molar-refractivity contribution in [1.82, 2.24) is 5.32 Å². The number of rotatable bonds is 7. The third-order valence-electron chi connectivity index (χ3n) is 3.34. The summed E-state index contributed by atoms with van der Waals surface area (Å²) in [6.45, 7) is 7.54. The third kappa shape index (κ3) is 4.95. The molecule has 3 nitrogen and oxygen atoms in total. The summed E-state index contributed by atoms with van der Waals surface area (Å²) in [5, 5.41) is 12.7. The van der Waals surface area contributed by atoms with Crippen molar-refractivity contribution in [3.8, 4) is 0 Å². The molecule has 0 aliphatic rings. The monoisotopic (exact) mass is 331 g/mol. The lowest BCUT2D eigenvalue weighted by Gasteiger charge is -2.25. The smallest absolute Gasteiger partial charge is 0.233 e. The highest BCUT2D eigenvalue weighted by Crippen LogP contribution is 2.22. The average molecular weight is 331 g/mol. The first-order chi connectivity index (χ1) is 10.3. The standard InChI is InChI=1S/C16H23F2NO2S/c1-5-22-15(9(2)3)16(21)19-10(4)14(20)11-6-7-12(17)13(18)8-11/h6-10,14-15,20H,5H2,1-4H3,(H,19,21). The largest absolute Gasteiger partial charge is 0.386 e. The van der Waals surface area contributed by atoms with Gasteiger partial charge in [0.1, 0.15) is 0 Å². The quantitative estimate of drug-likeness (QED) is 0.806. The molecule has 1 amide bonds. The van der Waals surface area contributed by atoms with E-state index < -0.39 is 23.8 Å². The van der Waals surface area contributed by atoms with Gasteiger partial charge in [-0.15, -0.1) is 11.8 Å². The van der Waals surface area contributed by atoms with E-state index in [0.717, 1.165) is 17.9 Å². The SMILES string of the molecule is CCSC(C(=O)NC(C)C(O)c1ccc(F)c(F)c1)C(C)C. The van der Waals surface area contributed by atoms with Crippen LogP contribution in [0, 0.1) is 17.6 Å². The fourth-order valence-corrected chi connectivity index (χ4v) is 3.08. The molecule has 22 heavy (non-hydrogen) atoms. The number of amides is 1. The van der Waals surface area contributed by atoms with E-state index in [1.165, 1.54) is 6.07 Å². The highest BCUT2D eigenvalue weighted by atomic mass is 32.2. The maximum atomic E-state index is 13.2. The summed E-state index contributed by atoms with van der Waals surface area (Å²) in [6.07, 6.45) is -1.10. The van der Waals surface area contributed by atoms with Crippen LogP contribution in [-0.2, 0) is 4.79 Å². The van der Waals surface area contributed by atoms with E-state index in [-0.39, 0.29) is 22.6 Å². The first-order valence-corrected chi connectivity index (χ1v) is 8.37. The summed E-state index contributed by atoms with van der Waals surface area (Å²) in [5.41, 5.74) is 0.232. The van der Waals surface area contributed by atoms with E-state index >= 15 is 0 Å². The maximum Gasteiger partial charge on any atom is 0.233 e. The van der Waals surface area contributed by atoms with Gasteiger partial charge in [0.15, 0.2) is 11.6 Å². The van der Waals surface area contributed by atoms with E-state index in [9.17, 15) is 18.7 Å². The summed E-state index contributed by atoms with van der Waals surface area (Å²) < 4.78 is 26.1. The topological polar surface area (TPSA) is 49.3 Å². The molecule has 0 aromatic heterocycles. The van der Waals surface area contributed by atoms with Gasteiger partial charge < -0.3 is 10.4 Å². The molecule has 2 N–H and O–H groups in total. The Morgan fingerprint density at radius 3 is 2.41 bits per heavy atom. The predicted molar refractivity (Wildman–Crippen MR) is 85.7 cm³/mol. The van der Waals surface area contributed by atoms with Crippen LogP contribution in [-0.4, -0.2) is 28.1 Å². The van der Waals surface area contributed by atoms with Crippen molar-refractivity contribution in [1.29, 1.82) is 0 Å². The first kappa shape index (κ1) is 18.9. The molecule has 6 heteroatoms. The second kappa shape index (κ2) is 8.48. The van der Waals surface area contributed by atoms with E-state index in [1.807, 2.05) is 20.8 Å². The molecule has 1 rings (SSSR count). The zero-order chi connectivity index (χ0) is 16.9. The van der Waals surface area contributed by atoms with E-state index in [4.69, 9.17) is 0 Å². The normalized spacial score (nSPS) is 15.5. The van der Waals surface area contributed by atoms with Crippen molar-refractivity contribution in [2.45, 2.75) is 45.1 Å². The van der Waals surface area contributed by atoms with Crippen LogP contribution < -0.4 is 5.32 Å². The summed E-state index contributed by atoms with van der Waals surface area (Å²) >= 11 is 1.54. The van der Waals surface area contributed by atoms with Crippen molar-refractivity contribution >= 4 is 17.7 Å². The van der Waals surface area contributed by atoms with Gasteiger partial charge >= 0.3 is 0 Å². The zero-order valence-electron chi connectivity index (χ0n) is 13.3. The minimum Gasteiger partial charge on any atom is -0.386 e. The molecule has 0 saturated heterocycles. The van der Waals surface area contributed by atoms with Gasteiger partial charge in [-0.1, -0.05) is 26.8 Å². The molecule has 1 aromatic rings. The lowest BCUT2D eigenvalue weighted by atomic mass is 10.0.